The largest absolute Gasteiger partial charge is 0.351 e. The number of piperidine rings is 1. The lowest BCUT2D eigenvalue weighted by Gasteiger charge is -2.39. The van der Waals surface area contributed by atoms with E-state index >= 15 is 0 Å². The summed E-state index contributed by atoms with van der Waals surface area (Å²) in [6, 6.07) is 0.178. The van der Waals surface area contributed by atoms with Crippen molar-refractivity contribution in [3.63, 3.8) is 0 Å². The van der Waals surface area contributed by atoms with E-state index in [0.29, 0.717) is 18.9 Å². The summed E-state index contributed by atoms with van der Waals surface area (Å²) in [6.45, 7) is 13.3. The normalized spacial score (nSPS) is 27.1. The van der Waals surface area contributed by atoms with Gasteiger partial charge in [-0.2, -0.15) is 0 Å². The molecule has 3 N–H and O–H groups in total. The third kappa shape index (κ3) is 5.49. The summed E-state index contributed by atoms with van der Waals surface area (Å²) < 4.78 is 0. The molecule has 0 radical (unpaired) electrons. The van der Waals surface area contributed by atoms with Gasteiger partial charge in [0.1, 0.15) is 0 Å². The number of nitrogens with two attached hydrogens (primary N) is 1. The SMILES string of the molecule is CC1CCN(C(CN)CC(=O)NC(C)(C)C)CC1C. The highest BCUT2D eigenvalue weighted by molar-refractivity contribution is 5.77. The monoisotopic (exact) mass is 269 g/mol. The van der Waals surface area contributed by atoms with E-state index in [1.165, 1.54) is 6.42 Å². The second-order valence-corrected chi connectivity index (χ2v) is 7.13. The van der Waals surface area contributed by atoms with Crippen molar-refractivity contribution in [2.24, 2.45) is 17.6 Å². The Balaban J connectivity index is 2.51. The minimum atomic E-state index is -0.167. The van der Waals surface area contributed by atoms with E-state index in [9.17, 15) is 4.79 Å². The van der Waals surface area contributed by atoms with Crippen LogP contribution in [0.4, 0.5) is 0 Å². The molecule has 1 saturated heterocycles. The maximum absolute atomic E-state index is 12.0. The van der Waals surface area contributed by atoms with Crippen LogP contribution in [-0.4, -0.2) is 42.0 Å². The molecule has 4 nitrogen and oxygen atoms in total. The Morgan fingerprint density at radius 3 is 2.47 bits per heavy atom. The number of amides is 1. The first kappa shape index (κ1) is 16.4. The molecule has 3 atom stereocenters. The van der Waals surface area contributed by atoms with E-state index < -0.39 is 0 Å². The molecule has 112 valence electrons. The lowest BCUT2D eigenvalue weighted by molar-refractivity contribution is -0.123. The molecule has 0 spiro atoms. The average molecular weight is 269 g/mol. The van der Waals surface area contributed by atoms with Crippen LogP contribution in [0.2, 0.25) is 0 Å². The van der Waals surface area contributed by atoms with E-state index in [2.05, 4.69) is 24.1 Å². The van der Waals surface area contributed by atoms with Crippen LogP contribution in [0, 0.1) is 11.8 Å². The molecule has 0 bridgehead atoms. The molecular formula is C15H31N3O. The molecule has 0 aromatic rings. The van der Waals surface area contributed by atoms with E-state index in [0.717, 1.165) is 19.0 Å². The van der Waals surface area contributed by atoms with Crippen LogP contribution >= 0.6 is 0 Å². The molecule has 19 heavy (non-hydrogen) atoms. The number of nitrogens with one attached hydrogen (secondary N) is 1. The van der Waals surface area contributed by atoms with Gasteiger partial charge in [0.25, 0.3) is 0 Å². The van der Waals surface area contributed by atoms with Crippen molar-refractivity contribution >= 4 is 5.91 Å². The van der Waals surface area contributed by atoms with Gasteiger partial charge in [-0.05, 0) is 45.6 Å². The number of nitrogens with zero attached hydrogens (tertiary/aromatic N) is 1. The molecule has 0 saturated carbocycles. The fourth-order valence-corrected chi connectivity index (χ4v) is 2.67. The van der Waals surface area contributed by atoms with Crippen molar-refractivity contribution < 1.29 is 4.79 Å². The van der Waals surface area contributed by atoms with Crippen LogP contribution in [0.25, 0.3) is 0 Å². The molecule has 1 aliphatic rings. The molecule has 0 aromatic carbocycles. The van der Waals surface area contributed by atoms with Gasteiger partial charge in [-0.25, -0.2) is 0 Å². The summed E-state index contributed by atoms with van der Waals surface area (Å²) in [5.41, 5.74) is 5.71. The number of carbonyl (C=O) groups is 1. The van der Waals surface area contributed by atoms with E-state index in [4.69, 9.17) is 5.73 Å². The molecule has 1 heterocycles. The Bertz CT molecular complexity index is 298. The van der Waals surface area contributed by atoms with Crippen LogP contribution < -0.4 is 11.1 Å². The quantitative estimate of drug-likeness (QED) is 0.815. The average Bonchev–Trinajstić information content (AvgIpc) is 2.27. The Morgan fingerprint density at radius 1 is 1.37 bits per heavy atom. The Labute approximate surface area is 118 Å². The van der Waals surface area contributed by atoms with Gasteiger partial charge in [-0.15, -0.1) is 0 Å². The number of hydrogen-bond acceptors (Lipinski definition) is 3. The van der Waals surface area contributed by atoms with Gasteiger partial charge in [-0.3, -0.25) is 9.69 Å². The number of carbonyl (C=O) groups excluding carboxylic acids is 1. The van der Waals surface area contributed by atoms with Gasteiger partial charge in [0, 0.05) is 31.1 Å². The second-order valence-electron chi connectivity index (χ2n) is 7.13. The molecule has 4 heteroatoms. The predicted molar refractivity (Wildman–Crippen MR) is 79.9 cm³/mol. The van der Waals surface area contributed by atoms with Crippen LogP contribution in [0.3, 0.4) is 0 Å². The summed E-state index contributed by atoms with van der Waals surface area (Å²) >= 11 is 0. The number of hydrogen-bond donors (Lipinski definition) is 2. The standard InChI is InChI=1S/C15H31N3O/c1-11-6-7-18(10-12(11)2)13(9-16)8-14(19)17-15(3,4)5/h11-13H,6-10,16H2,1-5H3,(H,17,19). The van der Waals surface area contributed by atoms with Crippen molar-refractivity contribution in [1.82, 2.24) is 10.2 Å². The molecule has 1 amide bonds. The van der Waals surface area contributed by atoms with Crippen molar-refractivity contribution in [3.8, 4) is 0 Å². The molecule has 1 rings (SSSR count). The van der Waals surface area contributed by atoms with Gasteiger partial charge in [-0.1, -0.05) is 13.8 Å². The summed E-state index contributed by atoms with van der Waals surface area (Å²) in [7, 11) is 0. The van der Waals surface area contributed by atoms with Crippen molar-refractivity contribution in [1.29, 1.82) is 0 Å². The topological polar surface area (TPSA) is 58.4 Å². The highest BCUT2D eigenvalue weighted by Gasteiger charge is 2.28. The second kappa shape index (κ2) is 6.71. The van der Waals surface area contributed by atoms with Gasteiger partial charge in [0.05, 0.1) is 0 Å². The molecule has 3 unspecified atom stereocenters. The highest BCUT2D eigenvalue weighted by Crippen LogP contribution is 2.24. The summed E-state index contributed by atoms with van der Waals surface area (Å²) in [6.07, 6.45) is 1.72. The zero-order chi connectivity index (χ0) is 14.6. The molecule has 1 aliphatic heterocycles. The minimum absolute atomic E-state index is 0.106. The van der Waals surface area contributed by atoms with E-state index in [1.807, 2.05) is 20.8 Å². The van der Waals surface area contributed by atoms with Crippen LogP contribution in [-0.2, 0) is 4.79 Å². The summed E-state index contributed by atoms with van der Waals surface area (Å²) in [5.74, 6) is 1.57. The predicted octanol–water partition coefficient (Wildman–Crippen LogP) is 1.60. The lowest BCUT2D eigenvalue weighted by atomic mass is 9.87. The van der Waals surface area contributed by atoms with Crippen molar-refractivity contribution in [2.75, 3.05) is 19.6 Å². The van der Waals surface area contributed by atoms with Crippen molar-refractivity contribution in [2.45, 2.75) is 59.0 Å². The molecule has 0 aromatic heterocycles. The first-order valence-corrected chi connectivity index (χ1v) is 7.48. The molecule has 0 aliphatic carbocycles. The Morgan fingerprint density at radius 2 is 2.00 bits per heavy atom. The van der Waals surface area contributed by atoms with Crippen LogP contribution in [0.5, 0.6) is 0 Å². The highest BCUT2D eigenvalue weighted by atomic mass is 16.1. The smallest absolute Gasteiger partial charge is 0.222 e. The third-order valence-corrected chi connectivity index (χ3v) is 4.09. The Hall–Kier alpha value is -0.610. The van der Waals surface area contributed by atoms with Gasteiger partial charge in [0.15, 0.2) is 0 Å². The maximum atomic E-state index is 12.0. The maximum Gasteiger partial charge on any atom is 0.222 e. The van der Waals surface area contributed by atoms with Crippen molar-refractivity contribution in [3.05, 3.63) is 0 Å². The molecule has 1 fully saturated rings. The van der Waals surface area contributed by atoms with E-state index in [-0.39, 0.29) is 17.5 Å². The Kier molecular flexibility index (Phi) is 5.81. The minimum Gasteiger partial charge on any atom is -0.351 e. The van der Waals surface area contributed by atoms with Gasteiger partial charge in [0.2, 0.25) is 5.91 Å². The zero-order valence-electron chi connectivity index (χ0n) is 13.2. The fourth-order valence-electron chi connectivity index (χ4n) is 2.67. The first-order valence-electron chi connectivity index (χ1n) is 7.48. The zero-order valence-corrected chi connectivity index (χ0v) is 13.2. The van der Waals surface area contributed by atoms with Gasteiger partial charge >= 0.3 is 0 Å². The lowest BCUT2D eigenvalue weighted by Crippen LogP contribution is -2.51. The van der Waals surface area contributed by atoms with Gasteiger partial charge < -0.3 is 11.1 Å². The number of rotatable bonds is 4. The van der Waals surface area contributed by atoms with Crippen LogP contribution in [0.1, 0.15) is 47.5 Å². The number of likely N-dealkylation sites (tertiary alicyclic amines) is 1. The van der Waals surface area contributed by atoms with Crippen LogP contribution in [0.15, 0.2) is 0 Å². The van der Waals surface area contributed by atoms with E-state index in [1.54, 1.807) is 0 Å². The summed E-state index contributed by atoms with van der Waals surface area (Å²) in [4.78, 5) is 14.4. The summed E-state index contributed by atoms with van der Waals surface area (Å²) in [5, 5.41) is 3.02. The molecular weight excluding hydrogens is 238 g/mol. The first-order chi connectivity index (χ1) is 8.73. The third-order valence-electron chi connectivity index (χ3n) is 4.09. The fraction of sp³-hybridized carbons (Fsp3) is 0.933.